The van der Waals surface area contributed by atoms with E-state index < -0.39 is 21.9 Å². The van der Waals surface area contributed by atoms with Gasteiger partial charge in [0.15, 0.2) is 0 Å². The van der Waals surface area contributed by atoms with E-state index in [1.54, 1.807) is 19.1 Å². The maximum Gasteiger partial charge on any atom is 0.335 e. The molecule has 0 aliphatic rings. The number of rotatable bonds is 7. The third kappa shape index (κ3) is 5.10. The van der Waals surface area contributed by atoms with Crippen molar-refractivity contribution in [2.75, 3.05) is 4.72 Å². The van der Waals surface area contributed by atoms with Crippen LogP contribution >= 0.6 is 0 Å². The van der Waals surface area contributed by atoms with Gasteiger partial charge in [-0.2, -0.15) is 0 Å². The molecule has 0 saturated heterocycles. The van der Waals surface area contributed by atoms with Crippen molar-refractivity contribution in [3.05, 3.63) is 95.1 Å². The lowest BCUT2D eigenvalue weighted by Gasteiger charge is -2.17. The van der Waals surface area contributed by atoms with Crippen molar-refractivity contribution < 1.29 is 23.1 Å². The topological polar surface area (TPSA) is 113 Å². The fourth-order valence-electron chi connectivity index (χ4n) is 3.09. The Balaban J connectivity index is 1.89. The smallest absolute Gasteiger partial charge is 0.335 e. The number of anilines is 1. The summed E-state index contributed by atoms with van der Waals surface area (Å²) in [5.74, 6) is -1.67. The summed E-state index contributed by atoms with van der Waals surface area (Å²) < 4.78 is 28.4. The Morgan fingerprint density at radius 3 is 2.26 bits per heavy atom. The van der Waals surface area contributed by atoms with Crippen LogP contribution in [-0.4, -0.2) is 25.4 Å². The first-order valence-corrected chi connectivity index (χ1v) is 11.0. The normalized spacial score (nSPS) is 12.1. The van der Waals surface area contributed by atoms with E-state index in [-0.39, 0.29) is 27.8 Å². The first-order valence-electron chi connectivity index (χ1n) is 9.50. The maximum absolute atomic E-state index is 13.0. The quantitative estimate of drug-likeness (QED) is 0.516. The second-order valence-corrected chi connectivity index (χ2v) is 8.69. The van der Waals surface area contributed by atoms with Crippen LogP contribution in [0.25, 0.3) is 0 Å². The van der Waals surface area contributed by atoms with E-state index in [1.165, 1.54) is 24.3 Å². The lowest BCUT2D eigenvalue weighted by molar-refractivity contribution is 0.0696. The molecule has 1 atom stereocenters. The van der Waals surface area contributed by atoms with Crippen LogP contribution in [-0.2, 0) is 10.0 Å². The lowest BCUT2D eigenvalue weighted by atomic mass is 10.1. The molecule has 0 fully saturated rings. The number of para-hydroxylation sites is 1. The third-order valence-electron chi connectivity index (χ3n) is 4.79. The average Bonchev–Trinajstić information content (AvgIpc) is 2.74. The summed E-state index contributed by atoms with van der Waals surface area (Å²) in [6.07, 6.45) is 0. The Morgan fingerprint density at radius 1 is 0.935 bits per heavy atom. The number of hydrogen-bond donors (Lipinski definition) is 3. The summed E-state index contributed by atoms with van der Waals surface area (Å²) >= 11 is 0. The van der Waals surface area contributed by atoms with Gasteiger partial charge in [0, 0.05) is 0 Å². The zero-order valence-corrected chi connectivity index (χ0v) is 17.8. The van der Waals surface area contributed by atoms with Crippen LogP contribution in [0.4, 0.5) is 5.69 Å². The van der Waals surface area contributed by atoms with Crippen LogP contribution < -0.4 is 10.0 Å². The van der Waals surface area contributed by atoms with Crippen molar-refractivity contribution in [2.24, 2.45) is 0 Å². The molecule has 0 aliphatic carbocycles. The van der Waals surface area contributed by atoms with Crippen molar-refractivity contribution in [3.63, 3.8) is 0 Å². The van der Waals surface area contributed by atoms with Gasteiger partial charge in [-0.15, -0.1) is 0 Å². The number of aromatic carboxylic acids is 1. The van der Waals surface area contributed by atoms with Crippen LogP contribution in [0.3, 0.4) is 0 Å². The van der Waals surface area contributed by atoms with Crippen LogP contribution in [0.15, 0.2) is 77.7 Å². The molecule has 0 radical (unpaired) electrons. The Kier molecular flexibility index (Phi) is 6.41. The van der Waals surface area contributed by atoms with Crippen molar-refractivity contribution >= 4 is 27.6 Å². The van der Waals surface area contributed by atoms with Crippen LogP contribution in [0, 0.1) is 6.92 Å². The van der Waals surface area contributed by atoms with Gasteiger partial charge in [0.1, 0.15) is 0 Å². The van der Waals surface area contributed by atoms with Crippen LogP contribution in [0.5, 0.6) is 0 Å². The molecule has 0 heterocycles. The molecule has 0 saturated carbocycles. The van der Waals surface area contributed by atoms with Crippen molar-refractivity contribution in [3.8, 4) is 0 Å². The molecule has 8 heteroatoms. The first kappa shape index (κ1) is 22.0. The largest absolute Gasteiger partial charge is 0.478 e. The van der Waals surface area contributed by atoms with E-state index in [1.807, 2.05) is 37.3 Å². The van der Waals surface area contributed by atoms with Gasteiger partial charge in [0.2, 0.25) is 0 Å². The summed E-state index contributed by atoms with van der Waals surface area (Å²) in [4.78, 5) is 23.9. The average molecular weight is 439 g/mol. The number of hydrogen-bond acceptors (Lipinski definition) is 4. The van der Waals surface area contributed by atoms with E-state index in [4.69, 9.17) is 0 Å². The van der Waals surface area contributed by atoms with E-state index >= 15 is 0 Å². The van der Waals surface area contributed by atoms with Crippen LogP contribution in [0.1, 0.15) is 44.8 Å². The number of amides is 1. The monoisotopic (exact) mass is 438 g/mol. The SMILES string of the molecule is Cc1ccc(C(=O)O)cc1S(=O)(=O)Nc1ccccc1C(=O)N[C@@H](C)c1ccccc1. The Morgan fingerprint density at radius 2 is 1.58 bits per heavy atom. The number of carbonyl (C=O) groups excluding carboxylic acids is 1. The van der Waals surface area contributed by atoms with Gasteiger partial charge in [0.25, 0.3) is 15.9 Å². The maximum atomic E-state index is 13.0. The lowest BCUT2D eigenvalue weighted by Crippen LogP contribution is -2.28. The van der Waals surface area contributed by atoms with Gasteiger partial charge in [-0.05, 0) is 49.2 Å². The molecule has 0 spiro atoms. The first-order chi connectivity index (χ1) is 14.7. The summed E-state index contributed by atoms with van der Waals surface area (Å²) in [5.41, 5.74) is 1.40. The fourth-order valence-corrected chi connectivity index (χ4v) is 4.44. The molecule has 0 aliphatic heterocycles. The van der Waals surface area contributed by atoms with E-state index in [2.05, 4.69) is 10.0 Å². The zero-order valence-electron chi connectivity index (χ0n) is 17.0. The molecule has 3 aromatic carbocycles. The Labute approximate surface area is 180 Å². The zero-order chi connectivity index (χ0) is 22.6. The highest BCUT2D eigenvalue weighted by atomic mass is 32.2. The number of carbonyl (C=O) groups is 2. The third-order valence-corrected chi connectivity index (χ3v) is 6.30. The molecule has 160 valence electrons. The minimum absolute atomic E-state index is 0.0976. The molecular formula is C23H22N2O5S. The summed E-state index contributed by atoms with van der Waals surface area (Å²) in [6, 6.07) is 19.2. The Bertz CT molecular complexity index is 1220. The van der Waals surface area contributed by atoms with Crippen LogP contribution in [0.2, 0.25) is 0 Å². The van der Waals surface area contributed by atoms with Gasteiger partial charge in [-0.1, -0.05) is 48.5 Å². The molecular weight excluding hydrogens is 416 g/mol. The van der Waals surface area contributed by atoms with Gasteiger partial charge < -0.3 is 10.4 Å². The second-order valence-electron chi connectivity index (χ2n) is 7.04. The summed E-state index contributed by atoms with van der Waals surface area (Å²) in [6.45, 7) is 3.40. The molecule has 31 heavy (non-hydrogen) atoms. The van der Waals surface area contributed by atoms with E-state index in [0.29, 0.717) is 5.56 Å². The number of carboxylic acids is 1. The number of sulfonamides is 1. The highest BCUT2D eigenvalue weighted by Gasteiger charge is 2.22. The van der Waals surface area contributed by atoms with Gasteiger partial charge >= 0.3 is 5.97 Å². The highest BCUT2D eigenvalue weighted by Crippen LogP contribution is 2.24. The second kappa shape index (κ2) is 9.01. The minimum atomic E-state index is -4.13. The van der Waals surface area contributed by atoms with Gasteiger partial charge in [0.05, 0.1) is 27.8 Å². The van der Waals surface area contributed by atoms with E-state index in [9.17, 15) is 23.1 Å². The molecule has 0 aromatic heterocycles. The molecule has 3 aromatic rings. The van der Waals surface area contributed by atoms with Gasteiger partial charge in [-0.25, -0.2) is 13.2 Å². The van der Waals surface area contributed by atoms with Crippen molar-refractivity contribution in [1.29, 1.82) is 0 Å². The van der Waals surface area contributed by atoms with E-state index in [0.717, 1.165) is 11.6 Å². The highest BCUT2D eigenvalue weighted by molar-refractivity contribution is 7.92. The summed E-state index contributed by atoms with van der Waals surface area (Å²) in [7, 11) is -4.13. The van der Waals surface area contributed by atoms with Crippen molar-refractivity contribution in [1.82, 2.24) is 5.32 Å². The number of nitrogens with one attached hydrogen (secondary N) is 2. The summed E-state index contributed by atoms with van der Waals surface area (Å²) in [5, 5.41) is 12.0. The number of aryl methyl sites for hydroxylation is 1. The predicted octanol–water partition coefficient (Wildman–Crippen LogP) is 3.99. The fraction of sp³-hybridized carbons (Fsp3) is 0.130. The molecule has 1 amide bonds. The number of benzene rings is 3. The molecule has 0 unspecified atom stereocenters. The standard InChI is InChI=1S/C23H22N2O5S/c1-15-12-13-18(23(27)28)14-21(15)31(29,30)25-20-11-7-6-10-19(20)22(26)24-16(2)17-8-4-3-5-9-17/h3-14,16,25H,1-2H3,(H,24,26)(H,27,28)/t16-/m0/s1. The van der Waals surface area contributed by atoms with Gasteiger partial charge in [-0.3, -0.25) is 9.52 Å². The molecule has 0 bridgehead atoms. The molecule has 3 N–H and O–H groups in total. The van der Waals surface area contributed by atoms with Crippen molar-refractivity contribution in [2.45, 2.75) is 24.8 Å². The molecule has 7 nitrogen and oxygen atoms in total. The molecule has 3 rings (SSSR count). The Hall–Kier alpha value is -3.65. The minimum Gasteiger partial charge on any atom is -0.478 e. The number of carboxylic acid groups (broad SMARTS) is 1. The predicted molar refractivity (Wildman–Crippen MR) is 118 cm³/mol.